The molecule has 3 N–H and O–H groups in total. The second-order valence-corrected chi connectivity index (χ2v) is 9.82. The van der Waals surface area contributed by atoms with Gasteiger partial charge in [0.1, 0.15) is 0 Å². The molecule has 8 nitrogen and oxygen atoms in total. The summed E-state index contributed by atoms with van der Waals surface area (Å²) in [6.07, 6.45) is 3.65. The van der Waals surface area contributed by atoms with Crippen LogP contribution in [0.15, 0.2) is 76.8 Å². The molecule has 0 saturated carbocycles. The fraction of sp³-hybridized carbons (Fsp3) is 0.250. The van der Waals surface area contributed by atoms with Gasteiger partial charge in [0.2, 0.25) is 11.9 Å². The van der Waals surface area contributed by atoms with Crippen LogP contribution in [0.5, 0.6) is 0 Å². The summed E-state index contributed by atoms with van der Waals surface area (Å²) in [4.78, 5) is 33.4. The number of anilines is 2. The standard InChI is InChI=1S/C28H28Cl2N6O2/c29-24-5-4-6-25(30)23(24)17-26(37)36(22-13-11-21(12-14-22)35-15-2-1-3-16-35)18-19-7-9-20(10-8-19)27(38)33-28(31)34-32/h4-14,32H,1-3,15-18H2,(H2,31,33,38). The number of nitrogens with one attached hydrogen (secondary N) is 1. The summed E-state index contributed by atoms with van der Waals surface area (Å²) in [7, 11) is 0. The molecule has 38 heavy (non-hydrogen) atoms. The molecule has 1 heterocycles. The first-order valence-electron chi connectivity index (χ1n) is 12.3. The van der Waals surface area contributed by atoms with Crippen molar-refractivity contribution < 1.29 is 9.59 Å². The van der Waals surface area contributed by atoms with Gasteiger partial charge in [-0.25, -0.2) is 5.53 Å². The lowest BCUT2D eigenvalue weighted by Gasteiger charge is -2.30. The van der Waals surface area contributed by atoms with Crippen molar-refractivity contribution >= 4 is 52.4 Å². The Bertz CT molecular complexity index is 1320. The monoisotopic (exact) mass is 550 g/mol. The average molecular weight is 551 g/mol. The molecule has 2 amide bonds. The van der Waals surface area contributed by atoms with E-state index in [0.29, 0.717) is 21.2 Å². The summed E-state index contributed by atoms with van der Waals surface area (Å²) in [6, 6.07) is 19.9. The van der Waals surface area contributed by atoms with Crippen LogP contribution >= 0.6 is 23.2 Å². The molecule has 0 unspecified atom stereocenters. The minimum Gasteiger partial charge on any atom is -0.372 e. The van der Waals surface area contributed by atoms with Gasteiger partial charge in [-0.3, -0.25) is 9.59 Å². The molecule has 0 bridgehead atoms. The van der Waals surface area contributed by atoms with E-state index in [0.717, 1.165) is 30.0 Å². The number of aliphatic imine (C=N–C) groups is 1. The first-order chi connectivity index (χ1) is 18.4. The van der Waals surface area contributed by atoms with Crippen LogP contribution in [0.25, 0.3) is 0 Å². The van der Waals surface area contributed by atoms with E-state index in [4.69, 9.17) is 34.5 Å². The maximum absolute atomic E-state index is 13.6. The van der Waals surface area contributed by atoms with E-state index in [2.05, 4.69) is 15.0 Å². The summed E-state index contributed by atoms with van der Waals surface area (Å²) < 4.78 is 0. The molecule has 0 atom stereocenters. The number of carbonyl (C=O) groups excluding carboxylic acids is 2. The summed E-state index contributed by atoms with van der Waals surface area (Å²) >= 11 is 12.7. The Hall–Kier alpha value is -3.75. The number of nitrogens with two attached hydrogens (primary N) is 1. The maximum Gasteiger partial charge on any atom is 0.280 e. The van der Waals surface area contributed by atoms with Crippen molar-refractivity contribution in [3.63, 3.8) is 0 Å². The third kappa shape index (κ3) is 6.76. The highest BCUT2D eigenvalue weighted by molar-refractivity contribution is 6.36. The largest absolute Gasteiger partial charge is 0.372 e. The molecule has 0 aromatic heterocycles. The van der Waals surface area contributed by atoms with Crippen LogP contribution in [0.3, 0.4) is 0 Å². The fourth-order valence-corrected chi connectivity index (χ4v) is 4.93. The number of carbonyl (C=O) groups is 2. The first kappa shape index (κ1) is 27.3. The van der Waals surface area contributed by atoms with Gasteiger partial charge in [-0.2, -0.15) is 4.99 Å². The van der Waals surface area contributed by atoms with Gasteiger partial charge in [-0.15, -0.1) is 5.11 Å². The van der Waals surface area contributed by atoms with Crippen LogP contribution < -0.4 is 15.5 Å². The molecule has 0 radical (unpaired) electrons. The van der Waals surface area contributed by atoms with Gasteiger partial charge >= 0.3 is 0 Å². The van der Waals surface area contributed by atoms with Gasteiger partial charge in [0.05, 0.1) is 13.0 Å². The highest BCUT2D eigenvalue weighted by Gasteiger charge is 2.21. The zero-order chi connectivity index (χ0) is 27.1. The van der Waals surface area contributed by atoms with E-state index in [1.165, 1.54) is 19.3 Å². The zero-order valence-electron chi connectivity index (χ0n) is 20.7. The number of nitrogens with zero attached hydrogens (tertiary/aromatic N) is 4. The van der Waals surface area contributed by atoms with E-state index < -0.39 is 11.9 Å². The van der Waals surface area contributed by atoms with Gasteiger partial charge in [-0.1, -0.05) is 41.4 Å². The van der Waals surface area contributed by atoms with Crippen molar-refractivity contribution in [2.24, 2.45) is 15.8 Å². The smallest absolute Gasteiger partial charge is 0.280 e. The lowest BCUT2D eigenvalue weighted by molar-refractivity contribution is -0.118. The Kier molecular flexibility index (Phi) is 9.10. The number of benzene rings is 3. The molecule has 3 aromatic carbocycles. The number of guanidine groups is 1. The van der Waals surface area contributed by atoms with E-state index in [1.54, 1.807) is 47.4 Å². The molecular formula is C28H28Cl2N6O2. The third-order valence-corrected chi connectivity index (χ3v) is 7.15. The number of amides is 2. The molecule has 10 heteroatoms. The second-order valence-electron chi connectivity index (χ2n) is 9.00. The van der Waals surface area contributed by atoms with Gasteiger partial charge in [0.25, 0.3) is 5.91 Å². The predicted octanol–water partition coefficient (Wildman–Crippen LogP) is 6.25. The van der Waals surface area contributed by atoms with E-state index in [-0.39, 0.29) is 18.9 Å². The van der Waals surface area contributed by atoms with Crippen molar-refractivity contribution in [3.8, 4) is 0 Å². The van der Waals surface area contributed by atoms with Crippen LogP contribution in [0.4, 0.5) is 11.4 Å². The van der Waals surface area contributed by atoms with Gasteiger partial charge in [0.15, 0.2) is 0 Å². The second kappa shape index (κ2) is 12.7. The quantitative estimate of drug-likeness (QED) is 0.205. The summed E-state index contributed by atoms with van der Waals surface area (Å²) in [5.41, 5.74) is 15.8. The van der Waals surface area contributed by atoms with Crippen LogP contribution in [0.1, 0.15) is 40.7 Å². The van der Waals surface area contributed by atoms with Crippen LogP contribution in [0, 0.1) is 5.53 Å². The van der Waals surface area contributed by atoms with E-state index >= 15 is 0 Å². The third-order valence-electron chi connectivity index (χ3n) is 6.45. The lowest BCUT2D eigenvalue weighted by Crippen LogP contribution is -2.32. The molecule has 1 aliphatic rings. The van der Waals surface area contributed by atoms with Crippen LogP contribution in [0.2, 0.25) is 10.0 Å². The Morgan fingerprint density at radius 2 is 1.55 bits per heavy atom. The number of halogens is 2. The van der Waals surface area contributed by atoms with Crippen molar-refractivity contribution in [1.82, 2.24) is 0 Å². The molecule has 0 spiro atoms. The summed E-state index contributed by atoms with van der Waals surface area (Å²) in [6.45, 7) is 2.33. The molecule has 4 rings (SSSR count). The Balaban J connectivity index is 1.60. The minimum absolute atomic E-state index is 0.0353. The number of hydrogen-bond acceptors (Lipinski definition) is 4. The predicted molar refractivity (Wildman–Crippen MR) is 151 cm³/mol. The Morgan fingerprint density at radius 3 is 2.16 bits per heavy atom. The highest BCUT2D eigenvalue weighted by Crippen LogP contribution is 2.28. The van der Waals surface area contributed by atoms with Crippen LogP contribution in [-0.2, 0) is 17.8 Å². The first-order valence-corrected chi connectivity index (χ1v) is 13.0. The van der Waals surface area contributed by atoms with Crippen molar-refractivity contribution in [3.05, 3.63) is 93.5 Å². The van der Waals surface area contributed by atoms with Gasteiger partial charge < -0.3 is 15.5 Å². The Morgan fingerprint density at radius 1 is 0.921 bits per heavy atom. The highest BCUT2D eigenvalue weighted by atomic mass is 35.5. The normalized spacial score (nSPS) is 13.7. The van der Waals surface area contributed by atoms with Crippen molar-refractivity contribution in [2.75, 3.05) is 22.9 Å². The zero-order valence-corrected chi connectivity index (χ0v) is 22.3. The molecule has 196 valence electrons. The lowest BCUT2D eigenvalue weighted by atomic mass is 10.1. The summed E-state index contributed by atoms with van der Waals surface area (Å²) in [5, 5.41) is 3.81. The summed E-state index contributed by atoms with van der Waals surface area (Å²) in [5.74, 6) is -1.18. The fourth-order valence-electron chi connectivity index (χ4n) is 4.40. The molecule has 1 saturated heterocycles. The molecule has 1 fully saturated rings. The number of rotatable bonds is 7. The number of piperidine rings is 1. The van der Waals surface area contributed by atoms with Crippen molar-refractivity contribution in [2.45, 2.75) is 32.2 Å². The topological polar surface area (TPSA) is 115 Å². The average Bonchev–Trinajstić information content (AvgIpc) is 2.94. The van der Waals surface area contributed by atoms with Crippen molar-refractivity contribution in [1.29, 1.82) is 5.53 Å². The van der Waals surface area contributed by atoms with E-state index in [1.807, 2.05) is 24.3 Å². The molecular weight excluding hydrogens is 523 g/mol. The van der Waals surface area contributed by atoms with E-state index in [9.17, 15) is 9.59 Å². The Labute approximate surface area is 231 Å². The minimum atomic E-state index is -0.598. The van der Waals surface area contributed by atoms with Gasteiger partial charge in [0, 0.05) is 40.1 Å². The molecule has 0 aliphatic carbocycles. The molecule has 1 aliphatic heterocycles. The number of hydrogen-bond donors (Lipinski definition) is 2. The van der Waals surface area contributed by atoms with Gasteiger partial charge in [-0.05, 0) is 78.9 Å². The van der Waals surface area contributed by atoms with Crippen LogP contribution in [-0.4, -0.2) is 30.9 Å². The molecule has 3 aromatic rings. The SMILES string of the molecule is N=NC(N)=NC(=O)c1ccc(CN(C(=O)Cc2c(Cl)cccc2Cl)c2ccc(N3CCCCC3)cc2)cc1. The maximum atomic E-state index is 13.6.